The standard InChI is InChI=1S/C18H17N3O2/c1-12-4-2-3-5-15(12)10-16(17(20)22)21-18(23)14-8-6-13(11-19)7-9-14/h2-9,16H,10H2,1H3,(H2,20,22)(H,21,23)/t16-/m1/s1. The Bertz CT molecular complexity index is 761. The van der Waals surface area contributed by atoms with E-state index in [2.05, 4.69) is 5.32 Å². The van der Waals surface area contributed by atoms with E-state index in [1.54, 1.807) is 24.3 Å². The number of rotatable bonds is 5. The zero-order chi connectivity index (χ0) is 16.8. The van der Waals surface area contributed by atoms with E-state index in [4.69, 9.17) is 11.0 Å². The van der Waals surface area contributed by atoms with Crippen molar-refractivity contribution in [1.82, 2.24) is 5.32 Å². The summed E-state index contributed by atoms with van der Waals surface area (Å²) in [6.45, 7) is 1.94. The van der Waals surface area contributed by atoms with Crippen molar-refractivity contribution in [1.29, 1.82) is 5.26 Å². The molecular formula is C18H17N3O2. The lowest BCUT2D eigenvalue weighted by Gasteiger charge is -2.17. The molecule has 0 aliphatic rings. The van der Waals surface area contributed by atoms with Crippen molar-refractivity contribution in [2.24, 2.45) is 5.73 Å². The van der Waals surface area contributed by atoms with Crippen LogP contribution >= 0.6 is 0 Å². The minimum absolute atomic E-state index is 0.337. The van der Waals surface area contributed by atoms with Gasteiger partial charge in [-0.3, -0.25) is 9.59 Å². The number of hydrogen-bond acceptors (Lipinski definition) is 3. The first-order valence-corrected chi connectivity index (χ1v) is 7.16. The van der Waals surface area contributed by atoms with E-state index in [1.807, 2.05) is 37.3 Å². The average Bonchev–Trinajstić information content (AvgIpc) is 2.56. The highest BCUT2D eigenvalue weighted by atomic mass is 16.2. The fourth-order valence-corrected chi connectivity index (χ4v) is 2.22. The minimum Gasteiger partial charge on any atom is -0.368 e. The smallest absolute Gasteiger partial charge is 0.251 e. The van der Waals surface area contributed by atoms with E-state index in [1.165, 1.54) is 0 Å². The molecule has 0 unspecified atom stereocenters. The number of primary amides is 1. The lowest BCUT2D eigenvalue weighted by atomic mass is 10.0. The molecule has 23 heavy (non-hydrogen) atoms. The Hall–Kier alpha value is -3.13. The molecule has 5 heteroatoms. The lowest BCUT2D eigenvalue weighted by Crippen LogP contribution is -2.46. The van der Waals surface area contributed by atoms with Crippen LogP contribution in [-0.2, 0) is 11.2 Å². The van der Waals surface area contributed by atoms with Gasteiger partial charge in [-0.15, -0.1) is 0 Å². The fourth-order valence-electron chi connectivity index (χ4n) is 2.22. The zero-order valence-electron chi connectivity index (χ0n) is 12.7. The zero-order valence-corrected chi connectivity index (χ0v) is 12.7. The van der Waals surface area contributed by atoms with Crippen molar-refractivity contribution in [2.45, 2.75) is 19.4 Å². The van der Waals surface area contributed by atoms with Crippen LogP contribution in [0.5, 0.6) is 0 Å². The fraction of sp³-hybridized carbons (Fsp3) is 0.167. The van der Waals surface area contributed by atoms with Gasteiger partial charge in [0.25, 0.3) is 5.91 Å². The van der Waals surface area contributed by atoms with Crippen LogP contribution in [0.15, 0.2) is 48.5 Å². The van der Waals surface area contributed by atoms with Crippen molar-refractivity contribution in [3.63, 3.8) is 0 Å². The Morgan fingerprint density at radius 1 is 1.17 bits per heavy atom. The number of carbonyl (C=O) groups is 2. The van der Waals surface area contributed by atoms with E-state index >= 15 is 0 Å². The van der Waals surface area contributed by atoms with Crippen molar-refractivity contribution in [2.75, 3.05) is 0 Å². The lowest BCUT2D eigenvalue weighted by molar-refractivity contribution is -0.119. The topological polar surface area (TPSA) is 96.0 Å². The van der Waals surface area contributed by atoms with Crippen molar-refractivity contribution in [3.05, 3.63) is 70.8 Å². The van der Waals surface area contributed by atoms with Crippen molar-refractivity contribution < 1.29 is 9.59 Å². The van der Waals surface area contributed by atoms with Gasteiger partial charge in [0.2, 0.25) is 5.91 Å². The van der Waals surface area contributed by atoms with Gasteiger partial charge in [-0.2, -0.15) is 5.26 Å². The molecule has 3 N–H and O–H groups in total. The molecule has 0 saturated heterocycles. The van der Waals surface area contributed by atoms with Crippen LogP contribution in [0.1, 0.15) is 27.0 Å². The van der Waals surface area contributed by atoms with Gasteiger partial charge >= 0.3 is 0 Å². The van der Waals surface area contributed by atoms with Gasteiger partial charge in [-0.25, -0.2) is 0 Å². The summed E-state index contributed by atoms with van der Waals surface area (Å²) in [4.78, 5) is 23.9. The van der Waals surface area contributed by atoms with Crippen LogP contribution < -0.4 is 11.1 Å². The molecule has 2 aromatic rings. The first kappa shape index (κ1) is 16.2. The molecule has 2 amide bonds. The molecule has 2 aromatic carbocycles. The van der Waals surface area contributed by atoms with Crippen LogP contribution in [0.4, 0.5) is 0 Å². The highest BCUT2D eigenvalue weighted by Gasteiger charge is 2.20. The predicted octanol–water partition coefficient (Wildman–Crippen LogP) is 1.69. The number of aryl methyl sites for hydroxylation is 1. The molecule has 0 aromatic heterocycles. The van der Waals surface area contributed by atoms with Gasteiger partial charge in [-0.05, 0) is 42.3 Å². The largest absolute Gasteiger partial charge is 0.368 e. The van der Waals surface area contributed by atoms with Crippen LogP contribution in [0, 0.1) is 18.3 Å². The summed E-state index contributed by atoms with van der Waals surface area (Å²) in [5, 5.41) is 11.4. The van der Waals surface area contributed by atoms with Crippen LogP contribution in [-0.4, -0.2) is 17.9 Å². The summed E-state index contributed by atoms with van der Waals surface area (Å²) in [6.07, 6.45) is 0.337. The highest BCUT2D eigenvalue weighted by Crippen LogP contribution is 2.11. The molecule has 0 spiro atoms. The van der Waals surface area contributed by atoms with Gasteiger partial charge in [0.15, 0.2) is 0 Å². The Morgan fingerprint density at radius 2 is 1.83 bits per heavy atom. The summed E-state index contributed by atoms with van der Waals surface area (Å²) in [5.41, 5.74) is 8.24. The molecule has 0 fully saturated rings. The SMILES string of the molecule is Cc1ccccc1C[C@@H](NC(=O)c1ccc(C#N)cc1)C(N)=O. The van der Waals surface area contributed by atoms with E-state index in [9.17, 15) is 9.59 Å². The molecule has 0 aliphatic heterocycles. The molecule has 2 rings (SSSR count). The van der Waals surface area contributed by atoms with Crippen molar-refractivity contribution >= 4 is 11.8 Å². The second-order valence-electron chi connectivity index (χ2n) is 5.25. The molecule has 0 bridgehead atoms. The van der Waals surface area contributed by atoms with Gasteiger partial charge < -0.3 is 11.1 Å². The molecule has 116 valence electrons. The van der Waals surface area contributed by atoms with E-state index in [0.717, 1.165) is 11.1 Å². The first-order chi connectivity index (χ1) is 11.0. The summed E-state index contributed by atoms with van der Waals surface area (Å²) in [5.74, 6) is -0.984. The number of amides is 2. The molecule has 0 aliphatic carbocycles. The number of nitriles is 1. The maximum Gasteiger partial charge on any atom is 0.251 e. The summed E-state index contributed by atoms with van der Waals surface area (Å²) >= 11 is 0. The average molecular weight is 307 g/mol. The highest BCUT2D eigenvalue weighted by molar-refractivity contribution is 5.97. The molecule has 0 saturated carbocycles. The van der Waals surface area contributed by atoms with Crippen LogP contribution in [0.25, 0.3) is 0 Å². The second kappa shape index (κ2) is 7.23. The quantitative estimate of drug-likeness (QED) is 0.879. The molecule has 0 heterocycles. The number of hydrogen-bond donors (Lipinski definition) is 2. The van der Waals surface area contributed by atoms with Crippen molar-refractivity contribution in [3.8, 4) is 6.07 Å². The maximum absolute atomic E-state index is 12.2. The number of carbonyl (C=O) groups excluding carboxylic acids is 2. The number of nitrogens with one attached hydrogen (secondary N) is 1. The minimum atomic E-state index is -0.792. The second-order valence-corrected chi connectivity index (χ2v) is 5.25. The van der Waals surface area contributed by atoms with Gasteiger partial charge in [0, 0.05) is 12.0 Å². The van der Waals surface area contributed by atoms with Gasteiger partial charge in [-0.1, -0.05) is 24.3 Å². The first-order valence-electron chi connectivity index (χ1n) is 7.16. The third-order valence-corrected chi connectivity index (χ3v) is 3.61. The number of nitrogens with two attached hydrogens (primary N) is 1. The third kappa shape index (κ3) is 4.17. The summed E-state index contributed by atoms with van der Waals surface area (Å²) in [6, 6.07) is 15.0. The predicted molar refractivity (Wildman–Crippen MR) is 86.5 cm³/mol. The third-order valence-electron chi connectivity index (χ3n) is 3.61. The molecule has 1 atom stereocenters. The molecule has 5 nitrogen and oxygen atoms in total. The number of nitrogens with zero attached hydrogens (tertiary/aromatic N) is 1. The molecular weight excluding hydrogens is 290 g/mol. The van der Waals surface area contributed by atoms with E-state index in [0.29, 0.717) is 17.5 Å². The van der Waals surface area contributed by atoms with E-state index < -0.39 is 17.9 Å². The summed E-state index contributed by atoms with van der Waals surface area (Å²) < 4.78 is 0. The Balaban J connectivity index is 2.13. The Kier molecular flexibility index (Phi) is 5.11. The Labute approximate surface area is 134 Å². The van der Waals surface area contributed by atoms with Crippen LogP contribution in [0.2, 0.25) is 0 Å². The monoisotopic (exact) mass is 307 g/mol. The van der Waals surface area contributed by atoms with Gasteiger partial charge in [0.05, 0.1) is 11.6 Å². The Morgan fingerprint density at radius 3 is 2.39 bits per heavy atom. The van der Waals surface area contributed by atoms with E-state index in [-0.39, 0.29) is 0 Å². The summed E-state index contributed by atoms with van der Waals surface area (Å²) in [7, 11) is 0. The van der Waals surface area contributed by atoms with Crippen LogP contribution in [0.3, 0.4) is 0 Å². The molecule has 0 radical (unpaired) electrons. The van der Waals surface area contributed by atoms with Gasteiger partial charge in [0.1, 0.15) is 6.04 Å². The normalized spacial score (nSPS) is 11.3. The number of benzene rings is 2. The maximum atomic E-state index is 12.2.